The number of furan rings is 2. The van der Waals surface area contributed by atoms with Crippen molar-refractivity contribution in [2.45, 2.75) is 88.6 Å². The molecule has 0 aliphatic carbocycles. The fourth-order valence-electron chi connectivity index (χ4n) is 7.80. The molecule has 6 heterocycles. The number of methoxy groups -OCH3 is 4. The van der Waals surface area contributed by atoms with Crippen molar-refractivity contribution in [3.05, 3.63) is 131 Å². The number of benzene rings is 2. The molecule has 74 heavy (non-hydrogen) atoms. The van der Waals surface area contributed by atoms with Gasteiger partial charge in [0.15, 0.2) is 54.5 Å². The maximum atomic E-state index is 13.6. The minimum absolute atomic E-state index is 0.00814. The van der Waals surface area contributed by atoms with Crippen LogP contribution in [0.4, 0.5) is 0 Å². The van der Waals surface area contributed by atoms with Gasteiger partial charge in [-0.05, 0) is 115 Å². The van der Waals surface area contributed by atoms with Gasteiger partial charge in [0.2, 0.25) is 11.6 Å². The molecule has 0 aliphatic heterocycles. The van der Waals surface area contributed by atoms with Crippen LogP contribution in [-0.2, 0) is 42.4 Å². The van der Waals surface area contributed by atoms with Gasteiger partial charge in [-0.1, -0.05) is 12.1 Å². The molecule has 8 aromatic rings. The Kier molecular flexibility index (Phi) is 15.8. The molecule has 0 spiro atoms. The second-order valence-corrected chi connectivity index (χ2v) is 22.4. The molecule has 0 amide bonds. The Labute approximate surface area is 428 Å². The standard InChI is InChI=1S/2C25H29N5O6S/c2*1-15-12-26-24(27-13-15)25(4,31)17(3)37(32,33)14-21-28-29-23(20-11-10-16(2)36-20)30(21)22-18(34-5)8-7-9-19(22)35-6/h2*7-13,17,31H,14H2,1-6H3/t2*17-,25+/m10/s1. The molecule has 0 fully saturated rings. The number of para-hydroxylation sites is 2. The molecule has 0 saturated heterocycles. The summed E-state index contributed by atoms with van der Waals surface area (Å²) in [5.41, 5.74) is -1.33. The Bertz CT molecular complexity index is 3200. The van der Waals surface area contributed by atoms with Gasteiger partial charge in [-0.3, -0.25) is 9.13 Å². The van der Waals surface area contributed by atoms with E-state index in [4.69, 9.17) is 27.8 Å². The average molecular weight is 1060 g/mol. The zero-order valence-electron chi connectivity index (χ0n) is 42.9. The SMILES string of the molecule is COc1cccc(OC)c1-n1c(CS(=O)(=O)[C@@H](C)[C@@](C)(O)c2ncc(C)cn2)nnc1-c1ccc(C)o1.COc1cccc(OC)c1-n1c(CS(=O)(=O)[C@H](C)[C@](C)(O)c2ncc(C)cn2)nnc1-c1ccc(C)o1. The first-order chi connectivity index (χ1) is 35.0. The van der Waals surface area contributed by atoms with Gasteiger partial charge < -0.3 is 38.0 Å². The van der Waals surface area contributed by atoms with Crippen molar-refractivity contribution in [1.82, 2.24) is 49.5 Å². The van der Waals surface area contributed by atoms with E-state index in [0.29, 0.717) is 57.4 Å². The summed E-state index contributed by atoms with van der Waals surface area (Å²) >= 11 is 0. The predicted molar refractivity (Wildman–Crippen MR) is 271 cm³/mol. The largest absolute Gasteiger partial charge is 0.494 e. The number of hydrogen-bond donors (Lipinski definition) is 2. The molecule has 0 bridgehead atoms. The zero-order chi connectivity index (χ0) is 53.9. The Hall–Kier alpha value is -7.54. The topological polar surface area (TPSA) is 285 Å². The number of rotatable bonds is 18. The smallest absolute Gasteiger partial charge is 0.204 e. The Morgan fingerprint density at radius 2 is 0.838 bits per heavy atom. The molecule has 6 aromatic heterocycles. The zero-order valence-corrected chi connectivity index (χ0v) is 44.6. The van der Waals surface area contributed by atoms with Gasteiger partial charge in [0.05, 0.1) is 38.9 Å². The summed E-state index contributed by atoms with van der Waals surface area (Å²) in [6.45, 7) is 12.8. The predicted octanol–water partition coefficient (Wildman–Crippen LogP) is 6.32. The Morgan fingerprint density at radius 3 is 1.11 bits per heavy atom. The Balaban J connectivity index is 0.000000216. The third-order valence-corrected chi connectivity index (χ3v) is 16.8. The molecular weight excluding hydrogens is 997 g/mol. The minimum atomic E-state index is -4.03. The molecule has 24 heteroatoms. The summed E-state index contributed by atoms with van der Waals surface area (Å²) in [6, 6.07) is 17.3. The van der Waals surface area contributed by atoms with Crippen molar-refractivity contribution in [3.63, 3.8) is 0 Å². The molecule has 22 nitrogen and oxygen atoms in total. The molecular formula is C50H58N10O12S2. The summed E-state index contributed by atoms with van der Waals surface area (Å²) in [6.07, 6.45) is 6.10. The summed E-state index contributed by atoms with van der Waals surface area (Å²) < 4.78 is 91.5. The number of hydrogen-bond acceptors (Lipinski definition) is 20. The number of sulfone groups is 2. The third-order valence-electron chi connectivity index (χ3n) is 12.4. The average Bonchev–Trinajstić information content (AvgIpc) is 4.20. The van der Waals surface area contributed by atoms with Gasteiger partial charge in [-0.25, -0.2) is 36.8 Å². The lowest BCUT2D eigenvalue weighted by molar-refractivity contribution is 0.0464. The van der Waals surface area contributed by atoms with Crippen molar-refractivity contribution in [3.8, 4) is 57.5 Å². The van der Waals surface area contributed by atoms with Crippen LogP contribution in [0.1, 0.15) is 73.6 Å². The monoisotopic (exact) mass is 1050 g/mol. The Morgan fingerprint density at radius 1 is 0.527 bits per heavy atom. The highest BCUT2D eigenvalue weighted by atomic mass is 32.2. The van der Waals surface area contributed by atoms with Crippen LogP contribution in [0.3, 0.4) is 0 Å². The lowest BCUT2D eigenvalue weighted by Gasteiger charge is -2.28. The van der Waals surface area contributed by atoms with Crippen LogP contribution >= 0.6 is 0 Å². The summed E-state index contributed by atoms with van der Waals surface area (Å²) in [5.74, 6) is 3.32. The number of aromatic nitrogens is 10. The molecule has 0 unspecified atom stereocenters. The second kappa shape index (κ2) is 21.5. The van der Waals surface area contributed by atoms with Crippen LogP contribution in [-0.4, -0.2) is 115 Å². The fourth-order valence-corrected chi connectivity index (χ4v) is 11.0. The van der Waals surface area contributed by atoms with Gasteiger partial charge in [-0.15, -0.1) is 20.4 Å². The molecule has 0 aliphatic rings. The first-order valence-electron chi connectivity index (χ1n) is 22.9. The molecule has 0 radical (unpaired) electrons. The van der Waals surface area contributed by atoms with Crippen molar-refractivity contribution in [2.24, 2.45) is 0 Å². The third kappa shape index (κ3) is 10.9. The normalized spacial score (nSPS) is 14.2. The van der Waals surface area contributed by atoms with E-state index in [0.717, 1.165) is 11.1 Å². The molecule has 2 N–H and O–H groups in total. The van der Waals surface area contributed by atoms with Gasteiger partial charge in [0, 0.05) is 24.8 Å². The van der Waals surface area contributed by atoms with E-state index in [9.17, 15) is 27.0 Å². The van der Waals surface area contributed by atoms with Crippen LogP contribution < -0.4 is 18.9 Å². The highest BCUT2D eigenvalue weighted by molar-refractivity contribution is 7.91. The van der Waals surface area contributed by atoms with E-state index in [1.807, 2.05) is 0 Å². The fraction of sp³-hybridized carbons (Fsp3) is 0.360. The first-order valence-corrected chi connectivity index (χ1v) is 26.3. The van der Waals surface area contributed by atoms with Crippen LogP contribution in [0.15, 0.2) is 94.3 Å². The number of aryl methyl sites for hydroxylation is 4. The van der Waals surface area contributed by atoms with Gasteiger partial charge >= 0.3 is 0 Å². The van der Waals surface area contributed by atoms with Crippen molar-refractivity contribution in [1.29, 1.82) is 0 Å². The van der Waals surface area contributed by atoms with E-state index in [1.54, 1.807) is 88.4 Å². The molecule has 4 atom stereocenters. The highest BCUT2D eigenvalue weighted by Crippen LogP contribution is 2.40. The molecule has 2 aromatic carbocycles. The number of ether oxygens (including phenoxy) is 4. The van der Waals surface area contributed by atoms with Crippen LogP contribution in [0.2, 0.25) is 0 Å². The van der Waals surface area contributed by atoms with E-state index in [1.165, 1.54) is 90.1 Å². The van der Waals surface area contributed by atoms with Crippen molar-refractivity contribution >= 4 is 19.7 Å². The van der Waals surface area contributed by atoms with Gasteiger partial charge in [-0.2, -0.15) is 0 Å². The number of nitrogens with zero attached hydrogens (tertiary/aromatic N) is 10. The van der Waals surface area contributed by atoms with E-state index >= 15 is 0 Å². The maximum absolute atomic E-state index is 13.6. The summed E-state index contributed by atoms with van der Waals surface area (Å²) in [4.78, 5) is 16.6. The van der Waals surface area contributed by atoms with E-state index < -0.39 is 52.9 Å². The highest BCUT2D eigenvalue weighted by Gasteiger charge is 2.44. The lowest BCUT2D eigenvalue weighted by atomic mass is 10.0. The quantitative estimate of drug-likeness (QED) is 0.0950. The molecule has 8 rings (SSSR count). The van der Waals surface area contributed by atoms with Crippen molar-refractivity contribution in [2.75, 3.05) is 28.4 Å². The van der Waals surface area contributed by atoms with Crippen LogP contribution in [0.5, 0.6) is 23.0 Å². The van der Waals surface area contributed by atoms with Crippen molar-refractivity contribution < 1.29 is 54.8 Å². The first kappa shape index (κ1) is 54.2. The number of aliphatic hydroxyl groups is 2. The van der Waals surface area contributed by atoms with E-state index in [-0.39, 0.29) is 34.9 Å². The molecule has 392 valence electrons. The maximum Gasteiger partial charge on any atom is 0.204 e. The van der Waals surface area contributed by atoms with Gasteiger partial charge in [0.25, 0.3) is 0 Å². The van der Waals surface area contributed by atoms with Crippen LogP contribution in [0, 0.1) is 27.7 Å². The lowest BCUT2D eigenvalue weighted by Crippen LogP contribution is -2.42. The summed E-state index contributed by atoms with van der Waals surface area (Å²) in [5, 5.41) is 36.8. The minimum Gasteiger partial charge on any atom is -0.494 e. The van der Waals surface area contributed by atoms with E-state index in [2.05, 4.69) is 40.3 Å². The summed E-state index contributed by atoms with van der Waals surface area (Å²) in [7, 11) is -2.07. The van der Waals surface area contributed by atoms with Crippen LogP contribution in [0.25, 0.3) is 34.5 Å². The van der Waals surface area contributed by atoms with Gasteiger partial charge in [0.1, 0.15) is 68.6 Å². The molecule has 0 saturated carbocycles. The second-order valence-electron chi connectivity index (χ2n) is 17.8.